The third-order valence-electron chi connectivity index (χ3n) is 3.90. The lowest BCUT2D eigenvalue weighted by atomic mass is 10.00. The van der Waals surface area contributed by atoms with E-state index in [2.05, 4.69) is 44.7 Å². The minimum Gasteiger partial charge on any atom is -0.387 e. The molecular weight excluding hydrogens is 238 g/mol. The molecule has 1 aliphatic heterocycles. The molecule has 0 saturated carbocycles. The van der Waals surface area contributed by atoms with Crippen molar-refractivity contribution in [2.45, 2.75) is 52.0 Å². The summed E-state index contributed by atoms with van der Waals surface area (Å²) in [5, 5.41) is 10.5. The van der Waals surface area contributed by atoms with Gasteiger partial charge >= 0.3 is 0 Å². The van der Waals surface area contributed by atoms with Gasteiger partial charge in [-0.05, 0) is 33.3 Å². The SMILES string of the molecule is Cc1ccc(C(O)C(C)N2C[C@@H](C)O[C@@H](C)C2)cc1. The highest BCUT2D eigenvalue weighted by atomic mass is 16.5. The Balaban J connectivity index is 2.05. The number of aliphatic hydroxyl groups excluding tert-OH is 1. The second-order valence-electron chi connectivity index (χ2n) is 5.81. The Kier molecular flexibility index (Phi) is 4.61. The van der Waals surface area contributed by atoms with E-state index in [0.717, 1.165) is 18.7 Å². The highest BCUT2D eigenvalue weighted by Crippen LogP contribution is 2.24. The Hall–Kier alpha value is -0.900. The van der Waals surface area contributed by atoms with Gasteiger partial charge in [-0.15, -0.1) is 0 Å². The molecule has 0 bridgehead atoms. The molecule has 3 heteroatoms. The summed E-state index contributed by atoms with van der Waals surface area (Å²) in [6, 6.07) is 8.25. The number of hydrogen-bond donors (Lipinski definition) is 1. The summed E-state index contributed by atoms with van der Waals surface area (Å²) in [7, 11) is 0. The van der Waals surface area contributed by atoms with Crippen molar-refractivity contribution in [3.63, 3.8) is 0 Å². The first kappa shape index (κ1) is 14.5. The van der Waals surface area contributed by atoms with Crippen molar-refractivity contribution >= 4 is 0 Å². The number of hydrogen-bond acceptors (Lipinski definition) is 3. The van der Waals surface area contributed by atoms with Crippen molar-refractivity contribution in [1.29, 1.82) is 0 Å². The maximum absolute atomic E-state index is 10.5. The zero-order chi connectivity index (χ0) is 14.0. The third kappa shape index (κ3) is 3.56. The average Bonchev–Trinajstić information content (AvgIpc) is 2.37. The largest absolute Gasteiger partial charge is 0.387 e. The van der Waals surface area contributed by atoms with Crippen molar-refractivity contribution in [1.82, 2.24) is 4.90 Å². The zero-order valence-electron chi connectivity index (χ0n) is 12.3. The van der Waals surface area contributed by atoms with E-state index in [1.165, 1.54) is 5.56 Å². The predicted octanol–water partition coefficient (Wildman–Crippen LogP) is 2.53. The number of nitrogens with zero attached hydrogens (tertiary/aromatic N) is 1. The van der Waals surface area contributed by atoms with E-state index < -0.39 is 6.10 Å². The molecule has 3 nitrogen and oxygen atoms in total. The van der Waals surface area contributed by atoms with Gasteiger partial charge in [-0.2, -0.15) is 0 Å². The Morgan fingerprint density at radius 2 is 1.68 bits per heavy atom. The van der Waals surface area contributed by atoms with Gasteiger partial charge in [-0.1, -0.05) is 29.8 Å². The minimum atomic E-state index is -0.446. The molecule has 1 aromatic rings. The molecule has 1 saturated heterocycles. The Morgan fingerprint density at radius 3 is 2.21 bits per heavy atom. The molecule has 1 heterocycles. The van der Waals surface area contributed by atoms with Gasteiger partial charge in [0.2, 0.25) is 0 Å². The first-order valence-electron chi connectivity index (χ1n) is 7.11. The number of benzene rings is 1. The van der Waals surface area contributed by atoms with Gasteiger partial charge < -0.3 is 9.84 Å². The fourth-order valence-electron chi connectivity index (χ4n) is 2.79. The van der Waals surface area contributed by atoms with Gasteiger partial charge in [0.25, 0.3) is 0 Å². The molecule has 0 aromatic heterocycles. The number of aryl methyl sites for hydroxylation is 1. The van der Waals surface area contributed by atoms with Crippen molar-refractivity contribution in [2.24, 2.45) is 0 Å². The summed E-state index contributed by atoms with van der Waals surface area (Å²) in [4.78, 5) is 2.32. The Bertz CT molecular complexity index is 394. The summed E-state index contributed by atoms with van der Waals surface area (Å²) in [6.07, 6.45) is 0.0194. The first-order valence-corrected chi connectivity index (χ1v) is 7.11. The number of morpholine rings is 1. The average molecular weight is 263 g/mol. The van der Waals surface area contributed by atoms with Gasteiger partial charge in [0, 0.05) is 19.1 Å². The van der Waals surface area contributed by atoms with Gasteiger partial charge in [-0.3, -0.25) is 4.90 Å². The van der Waals surface area contributed by atoms with Gasteiger partial charge in [-0.25, -0.2) is 0 Å². The van der Waals surface area contributed by atoms with E-state index in [1.807, 2.05) is 12.1 Å². The quantitative estimate of drug-likeness (QED) is 0.909. The summed E-state index contributed by atoms with van der Waals surface area (Å²) < 4.78 is 5.74. The van der Waals surface area contributed by atoms with Crippen molar-refractivity contribution in [3.05, 3.63) is 35.4 Å². The van der Waals surface area contributed by atoms with Crippen molar-refractivity contribution < 1.29 is 9.84 Å². The van der Waals surface area contributed by atoms with Crippen LogP contribution in [0.25, 0.3) is 0 Å². The van der Waals surface area contributed by atoms with Crippen LogP contribution in [0.3, 0.4) is 0 Å². The topological polar surface area (TPSA) is 32.7 Å². The van der Waals surface area contributed by atoms with E-state index in [0.29, 0.717) is 0 Å². The van der Waals surface area contributed by atoms with Gasteiger partial charge in [0.1, 0.15) is 0 Å². The number of ether oxygens (including phenoxy) is 1. The summed E-state index contributed by atoms with van der Waals surface area (Å²) in [6.45, 7) is 10.1. The normalized spacial score (nSPS) is 28.1. The van der Waals surface area contributed by atoms with E-state index >= 15 is 0 Å². The fraction of sp³-hybridized carbons (Fsp3) is 0.625. The molecule has 1 aliphatic rings. The highest BCUT2D eigenvalue weighted by molar-refractivity contribution is 5.24. The minimum absolute atomic E-state index is 0.108. The van der Waals surface area contributed by atoms with E-state index in [1.54, 1.807) is 0 Å². The Labute approximate surface area is 116 Å². The van der Waals surface area contributed by atoms with Crippen LogP contribution in [0.1, 0.15) is 38.0 Å². The fourth-order valence-corrected chi connectivity index (χ4v) is 2.79. The van der Waals surface area contributed by atoms with Gasteiger partial charge in [0.15, 0.2) is 0 Å². The second kappa shape index (κ2) is 6.04. The molecular formula is C16H25NO2. The number of aliphatic hydroxyl groups is 1. The monoisotopic (exact) mass is 263 g/mol. The lowest BCUT2D eigenvalue weighted by Gasteiger charge is -2.40. The molecule has 2 rings (SSSR count). The van der Waals surface area contributed by atoms with Crippen molar-refractivity contribution in [3.8, 4) is 0 Å². The summed E-state index contributed by atoms with van der Waals surface area (Å²) >= 11 is 0. The van der Waals surface area contributed by atoms with Crippen LogP contribution in [0.4, 0.5) is 0 Å². The molecule has 1 fully saturated rings. The van der Waals surface area contributed by atoms with Crippen LogP contribution in [-0.2, 0) is 4.74 Å². The third-order valence-corrected chi connectivity index (χ3v) is 3.90. The predicted molar refractivity (Wildman–Crippen MR) is 77.2 cm³/mol. The second-order valence-corrected chi connectivity index (χ2v) is 5.81. The standard InChI is InChI=1S/C16H25NO2/c1-11-5-7-15(8-6-11)16(18)14(4)17-9-12(2)19-13(3)10-17/h5-8,12-14,16,18H,9-10H2,1-4H3/t12-,13+,14?,16?. The summed E-state index contributed by atoms with van der Waals surface area (Å²) in [5.74, 6) is 0. The molecule has 4 atom stereocenters. The van der Waals surface area contributed by atoms with Crippen molar-refractivity contribution in [2.75, 3.05) is 13.1 Å². The molecule has 0 amide bonds. The smallest absolute Gasteiger partial charge is 0.0942 e. The van der Waals surface area contributed by atoms with Crippen LogP contribution in [-0.4, -0.2) is 41.3 Å². The van der Waals surface area contributed by atoms with Crippen LogP contribution < -0.4 is 0 Å². The maximum Gasteiger partial charge on any atom is 0.0942 e. The molecule has 0 radical (unpaired) electrons. The molecule has 106 valence electrons. The van der Waals surface area contributed by atoms with Crippen LogP contribution in [0.15, 0.2) is 24.3 Å². The lowest BCUT2D eigenvalue weighted by Crippen LogP contribution is -2.50. The van der Waals surface area contributed by atoms with E-state index in [-0.39, 0.29) is 18.2 Å². The summed E-state index contributed by atoms with van der Waals surface area (Å²) in [5.41, 5.74) is 2.21. The lowest BCUT2D eigenvalue weighted by molar-refractivity contribution is -0.0931. The molecule has 19 heavy (non-hydrogen) atoms. The molecule has 2 unspecified atom stereocenters. The molecule has 0 spiro atoms. The van der Waals surface area contributed by atoms with Crippen LogP contribution in [0.2, 0.25) is 0 Å². The Morgan fingerprint density at radius 1 is 1.16 bits per heavy atom. The van der Waals surface area contributed by atoms with Crippen LogP contribution in [0.5, 0.6) is 0 Å². The zero-order valence-corrected chi connectivity index (χ0v) is 12.3. The van der Waals surface area contributed by atoms with Gasteiger partial charge in [0.05, 0.1) is 18.3 Å². The molecule has 1 N–H and O–H groups in total. The molecule has 1 aromatic carbocycles. The van der Waals surface area contributed by atoms with E-state index in [4.69, 9.17) is 4.74 Å². The molecule has 0 aliphatic carbocycles. The van der Waals surface area contributed by atoms with Crippen LogP contribution in [0, 0.1) is 6.92 Å². The van der Waals surface area contributed by atoms with E-state index in [9.17, 15) is 5.11 Å². The van der Waals surface area contributed by atoms with Crippen LogP contribution >= 0.6 is 0 Å². The first-order chi connectivity index (χ1) is 8.97. The number of rotatable bonds is 3. The maximum atomic E-state index is 10.5. The highest BCUT2D eigenvalue weighted by Gasteiger charge is 2.29.